The number of aryl methyl sites for hydroxylation is 2. The van der Waals surface area contributed by atoms with E-state index in [0.29, 0.717) is 5.56 Å². The van der Waals surface area contributed by atoms with Crippen molar-refractivity contribution in [1.29, 1.82) is 0 Å². The highest BCUT2D eigenvalue weighted by atomic mass is 79.9. The summed E-state index contributed by atoms with van der Waals surface area (Å²) in [7, 11) is 0. The smallest absolute Gasteiger partial charge is 0.336 e. The lowest BCUT2D eigenvalue weighted by atomic mass is 9.99. The van der Waals surface area contributed by atoms with Crippen molar-refractivity contribution in [3.05, 3.63) is 40.5 Å². The minimum Gasteiger partial charge on any atom is -0.478 e. The number of carboxylic acid groups (broad SMARTS) is 1. The van der Waals surface area contributed by atoms with Gasteiger partial charge in [0.1, 0.15) is 0 Å². The largest absolute Gasteiger partial charge is 0.478 e. The summed E-state index contributed by atoms with van der Waals surface area (Å²) in [4.78, 5) is 11.0. The van der Waals surface area contributed by atoms with Gasteiger partial charge in [-0.3, -0.25) is 0 Å². The standard InChI is InChI=1S/C13H15BrO2/c1-9-7-11(5-3-4-6-14)8-10(2)12(9)13(15)16/h3,5,7-8H,4,6H2,1-2H3,(H,15,16). The van der Waals surface area contributed by atoms with E-state index < -0.39 is 5.97 Å². The number of aromatic carboxylic acids is 1. The first-order chi connectivity index (χ1) is 7.56. The van der Waals surface area contributed by atoms with Crippen LogP contribution in [0.4, 0.5) is 0 Å². The molecule has 1 N–H and O–H groups in total. The molecule has 0 fully saturated rings. The van der Waals surface area contributed by atoms with Gasteiger partial charge in [0.15, 0.2) is 0 Å². The van der Waals surface area contributed by atoms with Gasteiger partial charge in [0, 0.05) is 5.33 Å². The van der Waals surface area contributed by atoms with Crippen LogP contribution in [0.15, 0.2) is 18.2 Å². The van der Waals surface area contributed by atoms with Crippen LogP contribution in [-0.4, -0.2) is 16.4 Å². The quantitative estimate of drug-likeness (QED) is 0.853. The Hall–Kier alpha value is -1.09. The van der Waals surface area contributed by atoms with Gasteiger partial charge < -0.3 is 5.11 Å². The third-order valence-electron chi connectivity index (χ3n) is 2.35. The third-order valence-corrected chi connectivity index (χ3v) is 2.81. The summed E-state index contributed by atoms with van der Waals surface area (Å²) in [6, 6.07) is 3.81. The van der Waals surface area contributed by atoms with Gasteiger partial charge in [-0.1, -0.05) is 40.2 Å². The van der Waals surface area contributed by atoms with Gasteiger partial charge in [-0.25, -0.2) is 4.79 Å². The van der Waals surface area contributed by atoms with Gasteiger partial charge in [0.2, 0.25) is 0 Å². The maximum Gasteiger partial charge on any atom is 0.336 e. The molecule has 0 radical (unpaired) electrons. The van der Waals surface area contributed by atoms with Gasteiger partial charge in [-0.05, 0) is 37.0 Å². The molecule has 1 rings (SSSR count). The highest BCUT2D eigenvalue weighted by Crippen LogP contribution is 2.17. The van der Waals surface area contributed by atoms with E-state index in [-0.39, 0.29) is 0 Å². The summed E-state index contributed by atoms with van der Waals surface area (Å²) < 4.78 is 0. The summed E-state index contributed by atoms with van der Waals surface area (Å²) in [5.41, 5.74) is 3.09. The first kappa shape index (κ1) is 13.0. The molecule has 1 aromatic carbocycles. The average Bonchev–Trinajstić information content (AvgIpc) is 2.16. The number of hydrogen-bond acceptors (Lipinski definition) is 1. The summed E-state index contributed by atoms with van der Waals surface area (Å²) in [6.45, 7) is 3.66. The van der Waals surface area contributed by atoms with Crippen LogP contribution < -0.4 is 0 Å². The number of carboxylic acids is 1. The molecule has 0 aliphatic rings. The van der Waals surface area contributed by atoms with Crippen molar-refractivity contribution >= 4 is 28.0 Å². The molecule has 0 atom stereocenters. The number of benzene rings is 1. The van der Waals surface area contributed by atoms with Crippen LogP contribution in [0.3, 0.4) is 0 Å². The fraction of sp³-hybridized carbons (Fsp3) is 0.308. The zero-order valence-corrected chi connectivity index (χ0v) is 11.0. The molecule has 0 saturated heterocycles. The molecule has 2 nitrogen and oxygen atoms in total. The highest BCUT2D eigenvalue weighted by molar-refractivity contribution is 9.09. The number of hydrogen-bond donors (Lipinski definition) is 1. The minimum atomic E-state index is -0.856. The molecule has 0 heterocycles. The summed E-state index contributed by atoms with van der Waals surface area (Å²) in [5, 5.41) is 9.97. The second-order valence-corrected chi connectivity index (χ2v) is 4.51. The van der Waals surface area contributed by atoms with Crippen LogP contribution in [0.2, 0.25) is 0 Å². The molecule has 0 unspecified atom stereocenters. The molecule has 0 aliphatic carbocycles. The maximum absolute atomic E-state index is 11.0. The number of halogens is 1. The van der Waals surface area contributed by atoms with E-state index in [4.69, 9.17) is 5.11 Å². The van der Waals surface area contributed by atoms with Crippen molar-refractivity contribution in [3.63, 3.8) is 0 Å². The Kier molecular flexibility index (Phi) is 4.74. The Bertz CT molecular complexity index is 399. The van der Waals surface area contributed by atoms with Crippen LogP contribution in [0.25, 0.3) is 6.08 Å². The van der Waals surface area contributed by atoms with Gasteiger partial charge in [-0.15, -0.1) is 0 Å². The van der Waals surface area contributed by atoms with E-state index in [1.54, 1.807) is 0 Å². The Balaban J connectivity index is 3.05. The second-order valence-electron chi connectivity index (χ2n) is 3.71. The highest BCUT2D eigenvalue weighted by Gasteiger charge is 2.10. The van der Waals surface area contributed by atoms with Crippen LogP contribution >= 0.6 is 15.9 Å². The predicted molar refractivity (Wildman–Crippen MR) is 70.3 cm³/mol. The Labute approximate surface area is 104 Å². The fourth-order valence-electron chi connectivity index (χ4n) is 1.71. The van der Waals surface area contributed by atoms with E-state index >= 15 is 0 Å². The molecule has 1 aromatic rings. The van der Waals surface area contributed by atoms with Crippen LogP contribution in [0.5, 0.6) is 0 Å². The zero-order valence-electron chi connectivity index (χ0n) is 9.46. The van der Waals surface area contributed by atoms with Gasteiger partial charge >= 0.3 is 5.97 Å². The van der Waals surface area contributed by atoms with Crippen molar-refractivity contribution in [1.82, 2.24) is 0 Å². The monoisotopic (exact) mass is 282 g/mol. The molecule has 86 valence electrons. The Morgan fingerprint density at radius 2 is 1.94 bits per heavy atom. The van der Waals surface area contributed by atoms with Crippen LogP contribution in [0, 0.1) is 13.8 Å². The molecular weight excluding hydrogens is 268 g/mol. The minimum absolute atomic E-state index is 0.414. The van der Waals surface area contributed by atoms with Gasteiger partial charge in [0.25, 0.3) is 0 Å². The first-order valence-electron chi connectivity index (χ1n) is 5.13. The number of allylic oxidation sites excluding steroid dienone is 1. The van der Waals surface area contributed by atoms with Crippen molar-refractivity contribution in [3.8, 4) is 0 Å². The molecule has 0 aliphatic heterocycles. The molecule has 0 aromatic heterocycles. The normalized spacial score (nSPS) is 10.9. The van der Waals surface area contributed by atoms with Crippen LogP contribution in [0.1, 0.15) is 33.5 Å². The van der Waals surface area contributed by atoms with E-state index in [1.165, 1.54) is 0 Å². The van der Waals surface area contributed by atoms with Crippen molar-refractivity contribution in [2.24, 2.45) is 0 Å². The summed E-state index contributed by atoms with van der Waals surface area (Å²) >= 11 is 3.35. The maximum atomic E-state index is 11.0. The summed E-state index contributed by atoms with van der Waals surface area (Å²) in [6.07, 6.45) is 5.06. The summed E-state index contributed by atoms with van der Waals surface area (Å²) in [5.74, 6) is -0.856. The number of alkyl halides is 1. The fourth-order valence-corrected chi connectivity index (χ4v) is 1.98. The third kappa shape index (κ3) is 3.20. The van der Waals surface area contributed by atoms with E-state index in [0.717, 1.165) is 28.4 Å². The van der Waals surface area contributed by atoms with Crippen molar-refractivity contribution in [2.75, 3.05) is 5.33 Å². The second kappa shape index (κ2) is 5.85. The molecule has 0 amide bonds. The van der Waals surface area contributed by atoms with E-state index in [2.05, 4.69) is 22.0 Å². The lowest BCUT2D eigenvalue weighted by Crippen LogP contribution is -2.03. The Morgan fingerprint density at radius 1 is 1.38 bits per heavy atom. The first-order valence-corrected chi connectivity index (χ1v) is 6.25. The molecular formula is C13H15BrO2. The van der Waals surface area contributed by atoms with E-state index in [9.17, 15) is 4.79 Å². The van der Waals surface area contributed by atoms with Crippen molar-refractivity contribution < 1.29 is 9.90 Å². The van der Waals surface area contributed by atoms with Gasteiger partial charge in [-0.2, -0.15) is 0 Å². The predicted octanol–water partition coefficient (Wildman–Crippen LogP) is 3.80. The Morgan fingerprint density at radius 3 is 2.38 bits per heavy atom. The topological polar surface area (TPSA) is 37.3 Å². The van der Waals surface area contributed by atoms with Gasteiger partial charge in [0.05, 0.1) is 5.56 Å². The molecule has 0 saturated carbocycles. The molecule has 16 heavy (non-hydrogen) atoms. The lowest BCUT2D eigenvalue weighted by molar-refractivity contribution is 0.0695. The van der Waals surface area contributed by atoms with Crippen LogP contribution in [-0.2, 0) is 0 Å². The van der Waals surface area contributed by atoms with E-state index in [1.807, 2.05) is 32.1 Å². The lowest BCUT2D eigenvalue weighted by Gasteiger charge is -2.06. The number of carbonyl (C=O) groups is 1. The van der Waals surface area contributed by atoms with Crippen molar-refractivity contribution in [2.45, 2.75) is 20.3 Å². The average molecular weight is 283 g/mol. The zero-order chi connectivity index (χ0) is 12.1. The number of rotatable bonds is 4. The SMILES string of the molecule is Cc1cc(C=CCCBr)cc(C)c1C(=O)O. The molecule has 0 bridgehead atoms. The molecule has 0 spiro atoms. The molecule has 3 heteroatoms.